The number of carbonyl (C=O) groups excluding carboxylic acids is 1. The number of halogens is 1. The number of rotatable bonds is 2. The minimum absolute atomic E-state index is 0. The highest BCUT2D eigenvalue weighted by Crippen LogP contribution is 2.26. The fourth-order valence-electron chi connectivity index (χ4n) is 3.06. The molecule has 6 nitrogen and oxygen atoms in total. The molecule has 0 atom stereocenters. The summed E-state index contributed by atoms with van der Waals surface area (Å²) >= 11 is 0. The minimum Gasteiger partial charge on any atom is -0.354 e. The van der Waals surface area contributed by atoms with Crippen LogP contribution in [0, 0.1) is 13.8 Å². The monoisotopic (exact) mass is 349 g/mol. The number of nitrogens with zero attached hydrogens (tertiary/aromatic N) is 4. The summed E-state index contributed by atoms with van der Waals surface area (Å²) in [6.07, 6.45) is 2.54. The summed E-state index contributed by atoms with van der Waals surface area (Å²) in [5.74, 6) is 0.978. The lowest BCUT2D eigenvalue weighted by molar-refractivity contribution is -0.129. The van der Waals surface area contributed by atoms with Crippen molar-refractivity contribution in [3.05, 3.63) is 29.6 Å². The second-order valence-electron chi connectivity index (χ2n) is 6.08. The van der Waals surface area contributed by atoms with Crippen LogP contribution in [0.5, 0.6) is 0 Å². The van der Waals surface area contributed by atoms with Crippen molar-refractivity contribution in [1.82, 2.24) is 14.9 Å². The summed E-state index contributed by atoms with van der Waals surface area (Å²) in [7, 11) is 0. The van der Waals surface area contributed by atoms with Gasteiger partial charge in [0.15, 0.2) is 0 Å². The second-order valence-corrected chi connectivity index (χ2v) is 6.08. The third kappa shape index (κ3) is 3.60. The molecule has 130 valence electrons. The van der Waals surface area contributed by atoms with Gasteiger partial charge < -0.3 is 15.5 Å². The summed E-state index contributed by atoms with van der Waals surface area (Å²) in [6.45, 7) is 7.38. The molecule has 1 fully saturated rings. The van der Waals surface area contributed by atoms with Crippen molar-refractivity contribution in [2.45, 2.75) is 20.3 Å². The molecule has 0 radical (unpaired) electrons. The van der Waals surface area contributed by atoms with Gasteiger partial charge >= 0.3 is 0 Å². The Morgan fingerprint density at radius 2 is 1.88 bits per heavy atom. The molecule has 7 heteroatoms. The summed E-state index contributed by atoms with van der Waals surface area (Å²) in [6, 6.07) is 4.27. The Morgan fingerprint density at radius 1 is 1.12 bits per heavy atom. The smallest absolute Gasteiger partial charge is 0.236 e. The maximum atomic E-state index is 11.8. The molecule has 1 aromatic carbocycles. The maximum Gasteiger partial charge on any atom is 0.236 e. The fraction of sp³-hybridized carbons (Fsp3) is 0.471. The number of benzene rings is 1. The van der Waals surface area contributed by atoms with Crippen molar-refractivity contribution in [2.75, 3.05) is 37.6 Å². The van der Waals surface area contributed by atoms with Crippen LogP contribution >= 0.6 is 12.4 Å². The first-order valence-corrected chi connectivity index (χ1v) is 8.05. The summed E-state index contributed by atoms with van der Waals surface area (Å²) < 4.78 is 0. The van der Waals surface area contributed by atoms with Gasteiger partial charge in [-0.3, -0.25) is 4.79 Å². The van der Waals surface area contributed by atoms with Gasteiger partial charge in [0.05, 0.1) is 12.1 Å². The first kappa shape index (κ1) is 18.4. The molecule has 2 heterocycles. The van der Waals surface area contributed by atoms with Crippen LogP contribution in [0.2, 0.25) is 0 Å². The third-order valence-electron chi connectivity index (χ3n) is 4.55. The highest BCUT2D eigenvalue weighted by Gasteiger charge is 2.20. The van der Waals surface area contributed by atoms with Gasteiger partial charge in [-0.25, -0.2) is 9.97 Å². The molecule has 0 aliphatic carbocycles. The molecule has 0 saturated carbocycles. The molecular formula is C17H24ClN5O. The number of anilines is 1. The SMILES string of the molecule is Cc1cc2ncnc(N3CCCN(C(=O)CN)CC3)c2cc1C.Cl. The fourth-order valence-corrected chi connectivity index (χ4v) is 3.06. The molecule has 2 aromatic rings. The zero-order valence-electron chi connectivity index (χ0n) is 14.2. The zero-order chi connectivity index (χ0) is 16.4. The molecule has 1 aliphatic heterocycles. The lowest BCUT2D eigenvalue weighted by atomic mass is 10.1. The van der Waals surface area contributed by atoms with Gasteiger partial charge in [0.2, 0.25) is 5.91 Å². The van der Waals surface area contributed by atoms with E-state index in [0.717, 1.165) is 42.8 Å². The van der Waals surface area contributed by atoms with E-state index >= 15 is 0 Å². The van der Waals surface area contributed by atoms with E-state index in [0.29, 0.717) is 6.54 Å². The zero-order valence-corrected chi connectivity index (χ0v) is 15.0. The molecule has 1 saturated heterocycles. The van der Waals surface area contributed by atoms with Crippen LogP contribution < -0.4 is 10.6 Å². The minimum atomic E-state index is 0. The van der Waals surface area contributed by atoms with Crippen molar-refractivity contribution in [3.63, 3.8) is 0 Å². The second kappa shape index (κ2) is 7.77. The predicted octanol–water partition coefficient (Wildman–Crippen LogP) is 1.67. The van der Waals surface area contributed by atoms with Crippen molar-refractivity contribution in [2.24, 2.45) is 5.73 Å². The van der Waals surface area contributed by atoms with E-state index in [1.807, 2.05) is 4.90 Å². The van der Waals surface area contributed by atoms with Gasteiger partial charge in [0, 0.05) is 31.6 Å². The number of aryl methyl sites for hydroxylation is 2. The van der Waals surface area contributed by atoms with Crippen LogP contribution in [0.15, 0.2) is 18.5 Å². The highest BCUT2D eigenvalue weighted by atomic mass is 35.5. The topological polar surface area (TPSA) is 75.4 Å². The molecule has 0 bridgehead atoms. The van der Waals surface area contributed by atoms with Crippen LogP contribution in [0.3, 0.4) is 0 Å². The molecule has 1 aliphatic rings. The Kier molecular flexibility index (Phi) is 5.96. The predicted molar refractivity (Wildman–Crippen MR) is 98.7 cm³/mol. The van der Waals surface area contributed by atoms with Crippen molar-refractivity contribution >= 4 is 35.0 Å². The van der Waals surface area contributed by atoms with Gasteiger partial charge in [-0.2, -0.15) is 0 Å². The van der Waals surface area contributed by atoms with Crippen molar-refractivity contribution in [3.8, 4) is 0 Å². The number of fused-ring (bicyclic) bond motifs is 1. The third-order valence-corrected chi connectivity index (χ3v) is 4.55. The van der Waals surface area contributed by atoms with Gasteiger partial charge in [0.25, 0.3) is 0 Å². The first-order chi connectivity index (χ1) is 11.1. The van der Waals surface area contributed by atoms with E-state index in [4.69, 9.17) is 5.73 Å². The molecular weight excluding hydrogens is 326 g/mol. The van der Waals surface area contributed by atoms with Gasteiger partial charge in [-0.15, -0.1) is 12.4 Å². The molecule has 1 aromatic heterocycles. The maximum absolute atomic E-state index is 11.8. The van der Waals surface area contributed by atoms with Crippen molar-refractivity contribution in [1.29, 1.82) is 0 Å². The Balaban J connectivity index is 0.00000208. The molecule has 2 N–H and O–H groups in total. The number of nitrogens with two attached hydrogens (primary N) is 1. The number of hydrogen-bond acceptors (Lipinski definition) is 5. The average molecular weight is 350 g/mol. The van der Waals surface area contributed by atoms with E-state index < -0.39 is 0 Å². The normalized spacial score (nSPS) is 15.1. The number of carbonyl (C=O) groups is 1. The molecule has 24 heavy (non-hydrogen) atoms. The summed E-state index contributed by atoms with van der Waals surface area (Å²) in [4.78, 5) is 24.8. The van der Waals surface area contributed by atoms with E-state index in [9.17, 15) is 4.79 Å². The molecule has 0 spiro atoms. The van der Waals surface area contributed by atoms with Gasteiger partial charge in [-0.1, -0.05) is 0 Å². The van der Waals surface area contributed by atoms with Crippen LogP contribution in [0.4, 0.5) is 5.82 Å². The summed E-state index contributed by atoms with van der Waals surface area (Å²) in [5.41, 5.74) is 8.92. The van der Waals surface area contributed by atoms with E-state index in [2.05, 4.69) is 40.8 Å². The Morgan fingerprint density at radius 3 is 2.62 bits per heavy atom. The number of aromatic nitrogens is 2. The first-order valence-electron chi connectivity index (χ1n) is 8.05. The Hall–Kier alpha value is -1.92. The largest absolute Gasteiger partial charge is 0.354 e. The summed E-state index contributed by atoms with van der Waals surface area (Å²) in [5, 5.41) is 1.08. The van der Waals surface area contributed by atoms with E-state index in [1.54, 1.807) is 6.33 Å². The number of amides is 1. The standard InChI is InChI=1S/C17H23N5O.ClH/c1-12-8-14-15(9-13(12)2)19-11-20-17(14)22-5-3-4-21(6-7-22)16(23)10-18;/h8-9,11H,3-7,10,18H2,1-2H3;1H. The van der Waals surface area contributed by atoms with Crippen LogP contribution in [0.25, 0.3) is 10.9 Å². The highest BCUT2D eigenvalue weighted by molar-refractivity contribution is 5.90. The number of hydrogen-bond donors (Lipinski definition) is 1. The van der Waals surface area contributed by atoms with E-state index in [-0.39, 0.29) is 24.9 Å². The van der Waals surface area contributed by atoms with Crippen LogP contribution in [-0.2, 0) is 4.79 Å². The molecule has 0 unspecified atom stereocenters. The van der Waals surface area contributed by atoms with Gasteiger partial charge in [0.1, 0.15) is 12.1 Å². The van der Waals surface area contributed by atoms with Crippen LogP contribution in [0.1, 0.15) is 17.5 Å². The average Bonchev–Trinajstić information content (AvgIpc) is 2.81. The quantitative estimate of drug-likeness (QED) is 0.892. The lowest BCUT2D eigenvalue weighted by Gasteiger charge is -2.23. The lowest BCUT2D eigenvalue weighted by Crippen LogP contribution is -2.38. The Bertz CT molecular complexity index is 736. The Labute approximate surface area is 148 Å². The van der Waals surface area contributed by atoms with E-state index in [1.165, 1.54) is 11.1 Å². The van der Waals surface area contributed by atoms with Crippen LogP contribution in [-0.4, -0.2) is 53.5 Å². The van der Waals surface area contributed by atoms with Crippen molar-refractivity contribution < 1.29 is 4.79 Å². The molecule has 1 amide bonds. The van der Waals surface area contributed by atoms with Gasteiger partial charge in [-0.05, 0) is 43.5 Å². The molecule has 3 rings (SSSR count).